The van der Waals surface area contributed by atoms with Crippen LogP contribution < -0.4 is 5.73 Å². The van der Waals surface area contributed by atoms with Gasteiger partial charge in [0, 0.05) is 5.56 Å². The molecule has 24 heavy (non-hydrogen) atoms. The number of nitrogens with two attached hydrogens (primary N) is 1. The molecule has 1 unspecified atom stereocenters. The van der Waals surface area contributed by atoms with Crippen LogP contribution in [0.5, 0.6) is 0 Å². The third-order valence-corrected chi connectivity index (χ3v) is 4.13. The molecule has 2 heteroatoms. The van der Waals surface area contributed by atoms with Gasteiger partial charge in [-0.1, -0.05) is 103 Å². The molecular formula is C22H41NO. The Morgan fingerprint density at radius 3 is 1.79 bits per heavy atom. The van der Waals surface area contributed by atoms with Gasteiger partial charge < -0.3 is 5.73 Å². The number of hydrogen-bond donors (Lipinski definition) is 1. The van der Waals surface area contributed by atoms with Gasteiger partial charge in [-0.05, 0) is 24.9 Å². The van der Waals surface area contributed by atoms with E-state index in [-0.39, 0.29) is 0 Å². The van der Waals surface area contributed by atoms with E-state index in [0.29, 0.717) is 5.92 Å². The van der Waals surface area contributed by atoms with E-state index in [2.05, 4.69) is 31.7 Å². The van der Waals surface area contributed by atoms with Gasteiger partial charge in [0.05, 0.1) is 0 Å². The summed E-state index contributed by atoms with van der Waals surface area (Å²) < 4.78 is 0. The van der Waals surface area contributed by atoms with Crippen LogP contribution in [0.15, 0.2) is 24.3 Å². The molecule has 2 nitrogen and oxygen atoms in total. The molecule has 0 amide bonds. The standard InChI is InChI=1S/C19H30O.C2H6.CH5N/c1-3-4-5-6-7-8-9-10-11-17(2)19-14-12-18(16-20)13-15-19;2*1-2/h12-17H,3-11H2,1-2H3;1-2H3;2H2,1H3. The molecule has 0 heterocycles. The fourth-order valence-electron chi connectivity index (χ4n) is 2.65. The molecule has 0 bridgehead atoms. The van der Waals surface area contributed by atoms with Crippen LogP contribution in [-0.4, -0.2) is 13.3 Å². The highest BCUT2D eigenvalue weighted by Crippen LogP contribution is 2.22. The Kier molecular flexibility index (Phi) is 20.8. The second kappa shape index (κ2) is 19.9. The number of unbranched alkanes of at least 4 members (excludes halogenated alkanes) is 7. The number of carbonyl (C=O) groups is 1. The lowest BCUT2D eigenvalue weighted by Gasteiger charge is -2.11. The van der Waals surface area contributed by atoms with Crippen molar-refractivity contribution in [3.05, 3.63) is 35.4 Å². The molecule has 0 spiro atoms. The summed E-state index contributed by atoms with van der Waals surface area (Å²) in [6.07, 6.45) is 13.2. The van der Waals surface area contributed by atoms with E-state index in [1.807, 2.05) is 26.0 Å². The van der Waals surface area contributed by atoms with E-state index in [9.17, 15) is 4.79 Å². The van der Waals surface area contributed by atoms with Crippen molar-refractivity contribution in [2.24, 2.45) is 5.73 Å². The summed E-state index contributed by atoms with van der Waals surface area (Å²) >= 11 is 0. The predicted molar refractivity (Wildman–Crippen MR) is 109 cm³/mol. The molecule has 1 atom stereocenters. The van der Waals surface area contributed by atoms with Gasteiger partial charge in [-0.3, -0.25) is 4.79 Å². The van der Waals surface area contributed by atoms with Crippen LogP contribution in [-0.2, 0) is 0 Å². The molecule has 0 saturated heterocycles. The van der Waals surface area contributed by atoms with Gasteiger partial charge in [0.2, 0.25) is 0 Å². The van der Waals surface area contributed by atoms with Crippen molar-refractivity contribution >= 4 is 6.29 Å². The zero-order valence-electron chi connectivity index (χ0n) is 16.8. The van der Waals surface area contributed by atoms with Crippen molar-refractivity contribution in [1.29, 1.82) is 0 Å². The number of carbonyl (C=O) groups excluding carboxylic acids is 1. The highest BCUT2D eigenvalue weighted by molar-refractivity contribution is 5.74. The van der Waals surface area contributed by atoms with Gasteiger partial charge in [-0.15, -0.1) is 0 Å². The first kappa shape index (κ1) is 25.1. The maximum atomic E-state index is 10.6. The van der Waals surface area contributed by atoms with Crippen LogP contribution in [0.2, 0.25) is 0 Å². The normalized spacial score (nSPS) is 10.8. The first-order chi connectivity index (χ1) is 11.8. The van der Waals surface area contributed by atoms with Gasteiger partial charge in [0.25, 0.3) is 0 Å². The van der Waals surface area contributed by atoms with Gasteiger partial charge >= 0.3 is 0 Å². The Bertz CT molecular complexity index is 359. The lowest BCUT2D eigenvalue weighted by atomic mass is 9.94. The van der Waals surface area contributed by atoms with E-state index in [1.54, 1.807) is 0 Å². The van der Waals surface area contributed by atoms with E-state index < -0.39 is 0 Å². The van der Waals surface area contributed by atoms with E-state index in [4.69, 9.17) is 0 Å². The number of rotatable bonds is 11. The lowest BCUT2D eigenvalue weighted by molar-refractivity contribution is 0.112. The Morgan fingerprint density at radius 2 is 1.33 bits per heavy atom. The molecule has 0 aliphatic heterocycles. The van der Waals surface area contributed by atoms with Crippen molar-refractivity contribution in [2.45, 2.75) is 91.4 Å². The third kappa shape index (κ3) is 13.3. The molecule has 0 aromatic heterocycles. The SMILES string of the molecule is CC.CCCCCCCCCCC(C)c1ccc(C=O)cc1.CN. The molecule has 0 fully saturated rings. The summed E-state index contributed by atoms with van der Waals surface area (Å²) in [7, 11) is 1.50. The largest absolute Gasteiger partial charge is 0.333 e. The van der Waals surface area contributed by atoms with Crippen molar-refractivity contribution in [3.8, 4) is 0 Å². The fraction of sp³-hybridized carbons (Fsp3) is 0.682. The average molecular weight is 336 g/mol. The zero-order chi connectivity index (χ0) is 18.6. The zero-order valence-corrected chi connectivity index (χ0v) is 16.8. The third-order valence-electron chi connectivity index (χ3n) is 4.13. The summed E-state index contributed by atoms with van der Waals surface area (Å²) in [5.74, 6) is 0.607. The smallest absolute Gasteiger partial charge is 0.150 e. The fourth-order valence-corrected chi connectivity index (χ4v) is 2.65. The Morgan fingerprint density at radius 1 is 0.875 bits per heavy atom. The first-order valence-corrected chi connectivity index (χ1v) is 9.90. The van der Waals surface area contributed by atoms with Crippen LogP contribution in [0.4, 0.5) is 0 Å². The number of hydrogen-bond acceptors (Lipinski definition) is 2. The molecule has 140 valence electrons. The molecule has 2 N–H and O–H groups in total. The number of aldehydes is 1. The summed E-state index contributed by atoms with van der Waals surface area (Å²) in [6, 6.07) is 8.04. The lowest BCUT2D eigenvalue weighted by Crippen LogP contribution is -1.94. The maximum absolute atomic E-state index is 10.6. The van der Waals surface area contributed by atoms with Gasteiger partial charge in [-0.2, -0.15) is 0 Å². The topological polar surface area (TPSA) is 43.1 Å². The monoisotopic (exact) mass is 335 g/mol. The predicted octanol–water partition coefficient (Wildman–Crippen LogP) is 6.73. The van der Waals surface area contributed by atoms with Crippen LogP contribution >= 0.6 is 0 Å². The summed E-state index contributed by atoms with van der Waals surface area (Å²) in [6.45, 7) is 8.56. The van der Waals surface area contributed by atoms with Crippen LogP contribution in [0.1, 0.15) is 107 Å². The van der Waals surface area contributed by atoms with Gasteiger partial charge in [0.15, 0.2) is 0 Å². The van der Waals surface area contributed by atoms with Crippen molar-refractivity contribution < 1.29 is 4.79 Å². The highest BCUT2D eigenvalue weighted by Gasteiger charge is 2.05. The molecule has 0 aliphatic carbocycles. The second-order valence-electron chi connectivity index (χ2n) is 5.95. The van der Waals surface area contributed by atoms with Gasteiger partial charge in [-0.25, -0.2) is 0 Å². The highest BCUT2D eigenvalue weighted by atomic mass is 16.1. The Labute approximate surface area is 151 Å². The van der Waals surface area contributed by atoms with E-state index in [1.165, 1.54) is 70.4 Å². The van der Waals surface area contributed by atoms with Crippen molar-refractivity contribution in [1.82, 2.24) is 0 Å². The van der Waals surface area contributed by atoms with Crippen molar-refractivity contribution in [2.75, 3.05) is 7.05 Å². The average Bonchev–Trinajstić information content (AvgIpc) is 2.67. The molecule has 1 rings (SSSR count). The molecule has 1 aromatic rings. The van der Waals surface area contributed by atoms with Gasteiger partial charge in [0.1, 0.15) is 6.29 Å². The minimum Gasteiger partial charge on any atom is -0.333 e. The molecule has 0 radical (unpaired) electrons. The Hall–Kier alpha value is -1.15. The molecule has 0 aliphatic rings. The van der Waals surface area contributed by atoms with Crippen molar-refractivity contribution in [3.63, 3.8) is 0 Å². The number of benzene rings is 1. The second-order valence-corrected chi connectivity index (χ2v) is 5.95. The van der Waals surface area contributed by atoms with E-state index >= 15 is 0 Å². The Balaban J connectivity index is 0. The minimum absolute atomic E-state index is 0.607. The molecule has 0 saturated carbocycles. The maximum Gasteiger partial charge on any atom is 0.150 e. The van der Waals surface area contributed by atoms with Crippen LogP contribution in [0.25, 0.3) is 0 Å². The molecule has 1 aromatic carbocycles. The van der Waals surface area contributed by atoms with Crippen LogP contribution in [0, 0.1) is 0 Å². The van der Waals surface area contributed by atoms with E-state index in [0.717, 1.165) is 11.8 Å². The molecular weight excluding hydrogens is 294 g/mol. The summed E-state index contributed by atoms with van der Waals surface area (Å²) in [4.78, 5) is 10.6. The first-order valence-electron chi connectivity index (χ1n) is 9.90. The quantitative estimate of drug-likeness (QED) is 0.359. The summed E-state index contributed by atoms with van der Waals surface area (Å²) in [5.41, 5.74) is 6.63. The van der Waals surface area contributed by atoms with Crippen LogP contribution in [0.3, 0.4) is 0 Å². The summed E-state index contributed by atoms with van der Waals surface area (Å²) in [5, 5.41) is 0. The minimum atomic E-state index is 0.607.